The van der Waals surface area contributed by atoms with Gasteiger partial charge < -0.3 is 10.1 Å². The van der Waals surface area contributed by atoms with Crippen molar-refractivity contribution in [3.05, 3.63) is 41.9 Å². The van der Waals surface area contributed by atoms with E-state index >= 15 is 0 Å². The van der Waals surface area contributed by atoms with Gasteiger partial charge in [-0.2, -0.15) is 5.10 Å². The summed E-state index contributed by atoms with van der Waals surface area (Å²) in [6, 6.07) is 4.80. The van der Waals surface area contributed by atoms with E-state index in [1.54, 1.807) is 23.9 Å². The van der Waals surface area contributed by atoms with Gasteiger partial charge in [-0.05, 0) is 30.2 Å². The van der Waals surface area contributed by atoms with Crippen LogP contribution >= 0.6 is 0 Å². The van der Waals surface area contributed by atoms with Crippen LogP contribution in [0.5, 0.6) is 0 Å². The number of sulfonamides is 1. The SMILES string of the molecule is COCCn1cc2c(NCc3ccc(S(N)(=O)=O)cc3C)ncnc2n1. The van der Waals surface area contributed by atoms with E-state index in [0.717, 1.165) is 16.5 Å². The van der Waals surface area contributed by atoms with E-state index in [1.165, 1.54) is 12.4 Å². The van der Waals surface area contributed by atoms with Gasteiger partial charge in [-0.15, -0.1) is 0 Å². The van der Waals surface area contributed by atoms with E-state index in [1.807, 2.05) is 13.1 Å². The Morgan fingerprint density at radius 1 is 1.31 bits per heavy atom. The van der Waals surface area contributed by atoms with Crippen molar-refractivity contribution >= 4 is 26.9 Å². The second kappa shape index (κ2) is 7.36. The second-order valence-electron chi connectivity index (χ2n) is 5.83. The van der Waals surface area contributed by atoms with Gasteiger partial charge in [0.15, 0.2) is 5.65 Å². The van der Waals surface area contributed by atoms with Crippen LogP contribution in [0.25, 0.3) is 11.0 Å². The Morgan fingerprint density at radius 3 is 2.81 bits per heavy atom. The number of ether oxygens (including phenoxy) is 1. The number of nitrogens with two attached hydrogens (primary N) is 1. The highest BCUT2D eigenvalue weighted by molar-refractivity contribution is 7.89. The van der Waals surface area contributed by atoms with Crippen molar-refractivity contribution in [2.24, 2.45) is 5.14 Å². The first-order valence-electron chi connectivity index (χ1n) is 7.92. The maximum absolute atomic E-state index is 11.4. The summed E-state index contributed by atoms with van der Waals surface area (Å²) < 4.78 is 29.7. The normalized spacial score (nSPS) is 11.8. The lowest BCUT2D eigenvalue weighted by molar-refractivity contribution is 0.184. The lowest BCUT2D eigenvalue weighted by atomic mass is 10.1. The van der Waals surface area contributed by atoms with Crippen LogP contribution in [0.1, 0.15) is 11.1 Å². The summed E-state index contributed by atoms with van der Waals surface area (Å²) in [5, 5.41) is 13.6. The van der Waals surface area contributed by atoms with Gasteiger partial charge in [-0.25, -0.2) is 23.5 Å². The van der Waals surface area contributed by atoms with Crippen LogP contribution in [0.15, 0.2) is 35.6 Å². The molecule has 0 aliphatic rings. The third-order valence-electron chi connectivity index (χ3n) is 3.98. The van der Waals surface area contributed by atoms with Crippen LogP contribution in [0.2, 0.25) is 0 Å². The van der Waals surface area contributed by atoms with Crippen molar-refractivity contribution in [3.63, 3.8) is 0 Å². The van der Waals surface area contributed by atoms with Gasteiger partial charge in [0.2, 0.25) is 10.0 Å². The van der Waals surface area contributed by atoms with Crippen molar-refractivity contribution in [2.45, 2.75) is 24.9 Å². The summed E-state index contributed by atoms with van der Waals surface area (Å²) in [5.74, 6) is 0.661. The summed E-state index contributed by atoms with van der Waals surface area (Å²) >= 11 is 0. The highest BCUT2D eigenvalue weighted by Crippen LogP contribution is 2.20. The highest BCUT2D eigenvalue weighted by atomic mass is 32.2. The van der Waals surface area contributed by atoms with Gasteiger partial charge >= 0.3 is 0 Å². The lowest BCUT2D eigenvalue weighted by Gasteiger charge is -2.10. The molecule has 3 rings (SSSR count). The zero-order chi connectivity index (χ0) is 18.7. The van der Waals surface area contributed by atoms with Gasteiger partial charge in [0.25, 0.3) is 0 Å². The molecule has 138 valence electrons. The summed E-state index contributed by atoms with van der Waals surface area (Å²) in [7, 11) is -2.07. The Balaban J connectivity index is 1.80. The molecule has 2 aromatic heterocycles. The fourth-order valence-corrected chi connectivity index (χ4v) is 3.15. The van der Waals surface area contributed by atoms with E-state index in [0.29, 0.717) is 31.2 Å². The van der Waals surface area contributed by atoms with Crippen molar-refractivity contribution in [1.82, 2.24) is 19.7 Å². The van der Waals surface area contributed by atoms with Crippen LogP contribution in [0, 0.1) is 6.92 Å². The van der Waals surface area contributed by atoms with Gasteiger partial charge in [-0.1, -0.05) is 6.07 Å². The number of rotatable bonds is 7. The minimum absolute atomic E-state index is 0.0996. The Labute approximate surface area is 151 Å². The molecule has 0 fully saturated rings. The molecule has 0 amide bonds. The van der Waals surface area contributed by atoms with E-state index in [2.05, 4.69) is 20.4 Å². The number of anilines is 1. The van der Waals surface area contributed by atoms with Crippen LogP contribution in [0.3, 0.4) is 0 Å². The number of nitrogens with zero attached hydrogens (tertiary/aromatic N) is 4. The summed E-state index contributed by atoms with van der Waals surface area (Å²) in [6.07, 6.45) is 3.32. The molecule has 0 saturated carbocycles. The first-order valence-corrected chi connectivity index (χ1v) is 9.46. The number of fused-ring (bicyclic) bond motifs is 1. The maximum atomic E-state index is 11.4. The number of aromatic nitrogens is 4. The molecule has 0 unspecified atom stereocenters. The van der Waals surface area contributed by atoms with Crippen LogP contribution in [-0.2, 0) is 27.8 Å². The topological polar surface area (TPSA) is 125 Å². The van der Waals surface area contributed by atoms with Gasteiger partial charge in [-0.3, -0.25) is 4.68 Å². The van der Waals surface area contributed by atoms with E-state index in [9.17, 15) is 8.42 Å². The Kier molecular flexibility index (Phi) is 5.16. The molecule has 0 aliphatic carbocycles. The molecule has 0 saturated heterocycles. The Bertz CT molecular complexity index is 1030. The van der Waals surface area contributed by atoms with Crippen LogP contribution in [0.4, 0.5) is 5.82 Å². The number of aryl methyl sites for hydroxylation is 1. The van der Waals surface area contributed by atoms with E-state index in [-0.39, 0.29) is 4.90 Å². The monoisotopic (exact) mass is 376 g/mol. The third kappa shape index (κ3) is 3.98. The van der Waals surface area contributed by atoms with Gasteiger partial charge in [0.1, 0.15) is 12.1 Å². The number of hydrogen-bond acceptors (Lipinski definition) is 7. The van der Waals surface area contributed by atoms with Crippen molar-refractivity contribution in [2.75, 3.05) is 19.0 Å². The predicted molar refractivity (Wildman–Crippen MR) is 97.1 cm³/mol. The van der Waals surface area contributed by atoms with Gasteiger partial charge in [0, 0.05) is 19.9 Å². The average Bonchev–Trinajstić information content (AvgIpc) is 3.01. The molecule has 3 N–H and O–H groups in total. The summed E-state index contributed by atoms with van der Waals surface area (Å²) in [4.78, 5) is 8.56. The Hall–Kier alpha value is -2.56. The smallest absolute Gasteiger partial charge is 0.238 e. The van der Waals surface area contributed by atoms with Crippen molar-refractivity contribution in [1.29, 1.82) is 0 Å². The van der Waals surface area contributed by atoms with E-state index < -0.39 is 10.0 Å². The second-order valence-corrected chi connectivity index (χ2v) is 7.39. The molecule has 0 radical (unpaired) electrons. The standard InChI is InChI=1S/C16H20N6O3S/c1-11-7-13(26(17,23)24)4-3-12(11)8-18-15-14-9-22(5-6-25-2)21-16(14)20-10-19-15/h3-4,7,9-10H,5-6,8H2,1-2H3,(H2,17,23,24)(H,18,19,20,21). The highest BCUT2D eigenvalue weighted by Gasteiger charge is 2.11. The first-order chi connectivity index (χ1) is 12.4. The molecule has 10 heteroatoms. The molecule has 0 atom stereocenters. The molecule has 0 aliphatic heterocycles. The molecule has 2 heterocycles. The molecular weight excluding hydrogens is 356 g/mol. The predicted octanol–water partition coefficient (Wildman–Crippen LogP) is 1.04. The van der Waals surface area contributed by atoms with Crippen LogP contribution in [-0.4, -0.2) is 41.9 Å². The summed E-state index contributed by atoms with van der Waals surface area (Å²) in [6.45, 7) is 3.50. The van der Waals surface area contributed by atoms with Crippen LogP contribution < -0.4 is 10.5 Å². The number of hydrogen-bond donors (Lipinski definition) is 2. The number of benzene rings is 1. The molecular formula is C16H20N6O3S. The molecule has 26 heavy (non-hydrogen) atoms. The molecule has 9 nitrogen and oxygen atoms in total. The zero-order valence-corrected chi connectivity index (χ0v) is 15.3. The Morgan fingerprint density at radius 2 is 2.12 bits per heavy atom. The molecule has 3 aromatic rings. The van der Waals surface area contributed by atoms with Crippen molar-refractivity contribution in [3.8, 4) is 0 Å². The lowest BCUT2D eigenvalue weighted by Crippen LogP contribution is -2.13. The fourth-order valence-electron chi connectivity index (χ4n) is 2.55. The maximum Gasteiger partial charge on any atom is 0.238 e. The number of nitrogens with one attached hydrogen (secondary N) is 1. The molecule has 0 spiro atoms. The zero-order valence-electron chi connectivity index (χ0n) is 14.5. The first kappa shape index (κ1) is 18.2. The van der Waals surface area contributed by atoms with E-state index in [4.69, 9.17) is 9.88 Å². The molecule has 0 bridgehead atoms. The van der Waals surface area contributed by atoms with Gasteiger partial charge in [0.05, 0.1) is 23.4 Å². The largest absolute Gasteiger partial charge is 0.383 e. The van der Waals surface area contributed by atoms with Crippen molar-refractivity contribution < 1.29 is 13.2 Å². The summed E-state index contributed by atoms with van der Waals surface area (Å²) in [5.41, 5.74) is 2.36. The fraction of sp³-hybridized carbons (Fsp3) is 0.312. The number of primary sulfonamides is 1. The quantitative estimate of drug-likeness (QED) is 0.631. The third-order valence-corrected chi connectivity index (χ3v) is 4.89. The molecule has 1 aromatic carbocycles. The minimum atomic E-state index is -3.71. The minimum Gasteiger partial charge on any atom is -0.383 e. The average molecular weight is 376 g/mol. The number of methoxy groups -OCH3 is 1.